The van der Waals surface area contributed by atoms with E-state index in [0.717, 1.165) is 0 Å². The van der Waals surface area contributed by atoms with E-state index in [9.17, 15) is 13.6 Å². The molecule has 0 aliphatic rings. The van der Waals surface area contributed by atoms with Crippen molar-refractivity contribution in [1.82, 2.24) is 4.98 Å². The van der Waals surface area contributed by atoms with Gasteiger partial charge in [0.2, 0.25) is 0 Å². The van der Waals surface area contributed by atoms with Crippen molar-refractivity contribution in [2.75, 3.05) is 10.6 Å². The van der Waals surface area contributed by atoms with Crippen LogP contribution in [0.5, 0.6) is 0 Å². The van der Waals surface area contributed by atoms with Crippen molar-refractivity contribution >= 4 is 23.0 Å². The lowest BCUT2D eigenvalue weighted by Crippen LogP contribution is -2.13. The van der Waals surface area contributed by atoms with E-state index in [1.165, 1.54) is 42.6 Å². The molecule has 1 aromatic heterocycles. The third-order valence-electron chi connectivity index (χ3n) is 3.21. The van der Waals surface area contributed by atoms with Crippen molar-refractivity contribution in [2.45, 2.75) is 0 Å². The second-order valence-electron chi connectivity index (χ2n) is 5.03. The Morgan fingerprint density at radius 3 is 2.33 bits per heavy atom. The van der Waals surface area contributed by atoms with E-state index in [0.29, 0.717) is 17.1 Å². The Morgan fingerprint density at radius 2 is 1.58 bits per heavy atom. The van der Waals surface area contributed by atoms with Gasteiger partial charge in [0.1, 0.15) is 17.3 Å². The zero-order chi connectivity index (χ0) is 16.9. The molecule has 1 amide bonds. The molecule has 0 spiro atoms. The van der Waals surface area contributed by atoms with Crippen LogP contribution < -0.4 is 10.6 Å². The Kier molecular flexibility index (Phi) is 4.47. The second-order valence-corrected chi connectivity index (χ2v) is 5.03. The molecular formula is C18H13F2N3O. The topological polar surface area (TPSA) is 54.0 Å². The summed E-state index contributed by atoms with van der Waals surface area (Å²) in [6.45, 7) is 0. The third kappa shape index (κ3) is 3.92. The Morgan fingerprint density at radius 1 is 0.833 bits per heavy atom. The van der Waals surface area contributed by atoms with Gasteiger partial charge < -0.3 is 10.6 Å². The average Bonchev–Trinajstić information content (AvgIpc) is 2.57. The smallest absolute Gasteiger partial charge is 0.274 e. The normalized spacial score (nSPS) is 10.2. The minimum absolute atomic E-state index is 0.181. The largest absolute Gasteiger partial charge is 0.355 e. The predicted molar refractivity (Wildman–Crippen MR) is 88.3 cm³/mol. The van der Waals surface area contributed by atoms with Crippen molar-refractivity contribution in [3.8, 4) is 0 Å². The van der Waals surface area contributed by atoms with Crippen LogP contribution in [0.15, 0.2) is 66.9 Å². The number of carbonyl (C=O) groups excluding carboxylic acids is 1. The fraction of sp³-hybridized carbons (Fsp3) is 0. The number of hydrogen-bond donors (Lipinski definition) is 2. The van der Waals surface area contributed by atoms with E-state index in [1.54, 1.807) is 24.3 Å². The molecule has 3 aromatic rings. The standard InChI is InChI=1S/C18H13F2N3O/c19-12-4-6-14(7-5-12)23-18(24)17-11-16(8-9-21-17)22-15-3-1-2-13(20)10-15/h1-11H,(H,21,22)(H,23,24). The molecule has 0 saturated carbocycles. The summed E-state index contributed by atoms with van der Waals surface area (Å²) in [7, 11) is 0. The number of amides is 1. The highest BCUT2D eigenvalue weighted by molar-refractivity contribution is 6.03. The molecule has 4 nitrogen and oxygen atoms in total. The van der Waals surface area contributed by atoms with Crippen LogP contribution >= 0.6 is 0 Å². The summed E-state index contributed by atoms with van der Waals surface area (Å²) in [6, 6.07) is 14.6. The predicted octanol–water partition coefficient (Wildman–Crippen LogP) is 4.36. The molecule has 0 aliphatic carbocycles. The summed E-state index contributed by atoms with van der Waals surface area (Å²) >= 11 is 0. The van der Waals surface area contributed by atoms with E-state index in [2.05, 4.69) is 15.6 Å². The molecule has 0 atom stereocenters. The molecule has 2 aromatic carbocycles. The summed E-state index contributed by atoms with van der Waals surface area (Å²) in [4.78, 5) is 16.2. The van der Waals surface area contributed by atoms with Gasteiger partial charge in [0.25, 0.3) is 5.91 Å². The molecule has 0 bridgehead atoms. The van der Waals surface area contributed by atoms with Gasteiger partial charge in [-0.2, -0.15) is 0 Å². The molecule has 120 valence electrons. The average molecular weight is 325 g/mol. The summed E-state index contributed by atoms with van der Waals surface area (Å²) in [5.74, 6) is -1.17. The number of anilines is 3. The number of nitrogens with zero attached hydrogens (tertiary/aromatic N) is 1. The van der Waals surface area contributed by atoms with E-state index < -0.39 is 5.91 Å². The number of aromatic nitrogens is 1. The van der Waals surface area contributed by atoms with Crippen LogP contribution in [0.3, 0.4) is 0 Å². The number of pyridine rings is 1. The van der Waals surface area contributed by atoms with Crippen LogP contribution in [0.25, 0.3) is 0 Å². The number of benzene rings is 2. The summed E-state index contributed by atoms with van der Waals surface area (Å²) in [5.41, 5.74) is 1.80. The van der Waals surface area contributed by atoms with Gasteiger partial charge in [0.05, 0.1) is 0 Å². The molecule has 2 N–H and O–H groups in total. The monoisotopic (exact) mass is 325 g/mol. The molecule has 24 heavy (non-hydrogen) atoms. The number of nitrogens with one attached hydrogen (secondary N) is 2. The van der Waals surface area contributed by atoms with E-state index in [-0.39, 0.29) is 17.3 Å². The van der Waals surface area contributed by atoms with Gasteiger partial charge in [-0.3, -0.25) is 9.78 Å². The van der Waals surface area contributed by atoms with Crippen molar-refractivity contribution in [3.05, 3.63) is 84.2 Å². The van der Waals surface area contributed by atoms with Gasteiger partial charge >= 0.3 is 0 Å². The fourth-order valence-electron chi connectivity index (χ4n) is 2.09. The van der Waals surface area contributed by atoms with Gasteiger partial charge in [-0.25, -0.2) is 8.78 Å². The van der Waals surface area contributed by atoms with E-state index in [1.807, 2.05) is 0 Å². The molecule has 0 aliphatic heterocycles. The minimum atomic E-state index is -0.426. The minimum Gasteiger partial charge on any atom is -0.355 e. The SMILES string of the molecule is O=C(Nc1ccc(F)cc1)c1cc(Nc2cccc(F)c2)ccn1. The number of carbonyl (C=O) groups is 1. The number of hydrogen-bond acceptors (Lipinski definition) is 3. The Hall–Kier alpha value is -3.28. The first-order valence-electron chi connectivity index (χ1n) is 7.16. The maximum absolute atomic E-state index is 13.2. The number of halogens is 2. The summed E-state index contributed by atoms with van der Waals surface area (Å²) in [6.07, 6.45) is 1.47. The lowest BCUT2D eigenvalue weighted by Gasteiger charge is -2.08. The summed E-state index contributed by atoms with van der Waals surface area (Å²) in [5, 5.41) is 5.63. The first-order valence-corrected chi connectivity index (χ1v) is 7.16. The molecule has 6 heteroatoms. The maximum atomic E-state index is 13.2. The molecule has 0 saturated heterocycles. The van der Waals surface area contributed by atoms with Gasteiger partial charge in [0.15, 0.2) is 0 Å². The van der Waals surface area contributed by atoms with E-state index >= 15 is 0 Å². The third-order valence-corrected chi connectivity index (χ3v) is 3.21. The molecule has 0 fully saturated rings. The molecule has 0 radical (unpaired) electrons. The lowest BCUT2D eigenvalue weighted by atomic mass is 10.2. The van der Waals surface area contributed by atoms with Crippen LogP contribution in [0, 0.1) is 11.6 Å². The highest BCUT2D eigenvalue weighted by Gasteiger charge is 2.09. The van der Waals surface area contributed by atoms with Gasteiger partial charge in [-0.15, -0.1) is 0 Å². The van der Waals surface area contributed by atoms with Gasteiger partial charge in [0, 0.05) is 23.3 Å². The molecule has 1 heterocycles. The van der Waals surface area contributed by atoms with Gasteiger partial charge in [-0.1, -0.05) is 6.07 Å². The summed E-state index contributed by atoms with van der Waals surface area (Å²) < 4.78 is 26.1. The zero-order valence-corrected chi connectivity index (χ0v) is 12.5. The van der Waals surface area contributed by atoms with Crippen LogP contribution in [0.1, 0.15) is 10.5 Å². The first kappa shape index (κ1) is 15.6. The zero-order valence-electron chi connectivity index (χ0n) is 12.5. The van der Waals surface area contributed by atoms with Gasteiger partial charge in [-0.05, 0) is 54.6 Å². The highest BCUT2D eigenvalue weighted by atomic mass is 19.1. The van der Waals surface area contributed by atoms with Crippen molar-refractivity contribution < 1.29 is 13.6 Å². The lowest BCUT2D eigenvalue weighted by molar-refractivity contribution is 0.102. The van der Waals surface area contributed by atoms with Crippen LogP contribution in [-0.4, -0.2) is 10.9 Å². The first-order chi connectivity index (χ1) is 11.6. The maximum Gasteiger partial charge on any atom is 0.274 e. The van der Waals surface area contributed by atoms with Crippen LogP contribution in [0.2, 0.25) is 0 Å². The fourth-order valence-corrected chi connectivity index (χ4v) is 2.09. The molecule has 3 rings (SSSR count). The van der Waals surface area contributed by atoms with Crippen molar-refractivity contribution in [1.29, 1.82) is 0 Å². The van der Waals surface area contributed by atoms with Crippen LogP contribution in [-0.2, 0) is 0 Å². The van der Waals surface area contributed by atoms with Crippen molar-refractivity contribution in [2.24, 2.45) is 0 Å². The highest BCUT2D eigenvalue weighted by Crippen LogP contribution is 2.18. The Labute approximate surface area is 137 Å². The van der Waals surface area contributed by atoms with Crippen molar-refractivity contribution in [3.63, 3.8) is 0 Å². The Balaban J connectivity index is 1.74. The van der Waals surface area contributed by atoms with Crippen LogP contribution in [0.4, 0.5) is 25.8 Å². The number of rotatable bonds is 4. The molecule has 0 unspecified atom stereocenters. The quantitative estimate of drug-likeness (QED) is 0.749. The van der Waals surface area contributed by atoms with E-state index in [4.69, 9.17) is 0 Å². The molecular weight excluding hydrogens is 312 g/mol. The Bertz CT molecular complexity index is 866. The second kappa shape index (κ2) is 6.87.